The van der Waals surface area contributed by atoms with Crippen LogP contribution in [0.5, 0.6) is 11.5 Å². The lowest BCUT2D eigenvalue weighted by atomic mass is 9.79. The molecule has 194 valence electrons. The number of nitrogens with one attached hydrogen (secondary N) is 1. The van der Waals surface area contributed by atoms with Crippen molar-refractivity contribution in [2.45, 2.75) is 71.6 Å². The minimum absolute atomic E-state index is 0.0414. The van der Waals surface area contributed by atoms with Crippen LogP contribution in [0, 0.1) is 18.8 Å². The van der Waals surface area contributed by atoms with Crippen LogP contribution >= 0.6 is 0 Å². The van der Waals surface area contributed by atoms with E-state index in [0.29, 0.717) is 18.9 Å². The molecule has 2 aliphatic rings. The molecule has 36 heavy (non-hydrogen) atoms. The monoisotopic (exact) mass is 492 g/mol. The van der Waals surface area contributed by atoms with Crippen LogP contribution in [0.3, 0.4) is 0 Å². The van der Waals surface area contributed by atoms with Gasteiger partial charge < -0.3 is 19.7 Å². The maximum Gasteiger partial charge on any atom is 0.265 e. The van der Waals surface area contributed by atoms with Crippen molar-refractivity contribution in [3.05, 3.63) is 48.0 Å². The Hall–Kier alpha value is -3.02. The molecular weight excluding hydrogens is 452 g/mol. The molecule has 0 bridgehead atoms. The van der Waals surface area contributed by atoms with Crippen molar-refractivity contribution in [1.82, 2.24) is 0 Å². The van der Waals surface area contributed by atoms with Crippen molar-refractivity contribution in [2.24, 2.45) is 11.8 Å². The summed E-state index contributed by atoms with van der Waals surface area (Å²) in [7, 11) is 0. The summed E-state index contributed by atoms with van der Waals surface area (Å²) in [6, 6.07) is 13.6. The number of fused-ring (bicyclic) bond motifs is 1. The Morgan fingerprint density at radius 1 is 1.08 bits per heavy atom. The van der Waals surface area contributed by atoms with Crippen molar-refractivity contribution < 1.29 is 19.1 Å². The number of carbonyl (C=O) groups is 2. The van der Waals surface area contributed by atoms with Crippen LogP contribution in [-0.4, -0.2) is 31.6 Å². The number of nitrogens with zero attached hydrogens (tertiary/aromatic N) is 1. The van der Waals surface area contributed by atoms with Crippen molar-refractivity contribution in [3.8, 4) is 11.5 Å². The lowest BCUT2D eigenvalue weighted by Crippen LogP contribution is -2.39. The number of carbonyl (C=O) groups excluding carboxylic acids is 2. The average molecular weight is 493 g/mol. The van der Waals surface area contributed by atoms with E-state index in [4.69, 9.17) is 9.47 Å². The fraction of sp³-hybridized carbons (Fsp3) is 0.533. The van der Waals surface area contributed by atoms with Crippen molar-refractivity contribution in [2.75, 3.05) is 30.0 Å². The van der Waals surface area contributed by atoms with Gasteiger partial charge in [0, 0.05) is 18.2 Å². The van der Waals surface area contributed by atoms with E-state index in [1.165, 1.54) is 24.8 Å². The molecular formula is C30H40N2O4. The highest BCUT2D eigenvalue weighted by atomic mass is 16.5. The number of amides is 2. The minimum Gasteiger partial charge on any atom is -0.494 e. The molecule has 1 N–H and O–H groups in total. The molecule has 2 amide bonds. The fourth-order valence-electron chi connectivity index (χ4n) is 5.24. The smallest absolute Gasteiger partial charge is 0.265 e. The van der Waals surface area contributed by atoms with E-state index in [9.17, 15) is 9.59 Å². The highest BCUT2D eigenvalue weighted by molar-refractivity contribution is 5.99. The summed E-state index contributed by atoms with van der Waals surface area (Å²) in [6.45, 7) is 5.51. The first kappa shape index (κ1) is 26.1. The van der Waals surface area contributed by atoms with Gasteiger partial charge in [0.1, 0.15) is 11.5 Å². The minimum atomic E-state index is -0.0593. The van der Waals surface area contributed by atoms with Crippen LogP contribution in [0.25, 0.3) is 0 Å². The molecule has 1 saturated carbocycles. The van der Waals surface area contributed by atoms with Gasteiger partial charge in [-0.05, 0) is 87.3 Å². The molecule has 0 saturated heterocycles. The van der Waals surface area contributed by atoms with Crippen molar-refractivity contribution in [1.29, 1.82) is 0 Å². The standard InChI is InChI=1S/C30H40N2O4/c1-3-4-9-23-11-13-24(14-12-23)30(34)31-25-15-16-28-27(20-25)32(29(33)21-36-28)17-5-6-18-35-26-10-7-8-22(2)19-26/h7-8,10,15-16,19-20,23-24H,3-6,9,11-14,17-18,21H2,1-2H3,(H,31,34). The number of anilines is 2. The van der Waals surface area contributed by atoms with E-state index in [2.05, 4.69) is 12.2 Å². The first-order chi connectivity index (χ1) is 17.5. The Labute approximate surface area is 215 Å². The highest BCUT2D eigenvalue weighted by Crippen LogP contribution is 2.36. The summed E-state index contributed by atoms with van der Waals surface area (Å²) in [6.07, 6.45) is 9.68. The second kappa shape index (κ2) is 12.8. The van der Waals surface area contributed by atoms with Crippen molar-refractivity contribution >= 4 is 23.2 Å². The molecule has 6 heteroatoms. The zero-order valence-electron chi connectivity index (χ0n) is 21.8. The molecule has 1 aliphatic heterocycles. The predicted molar refractivity (Wildman–Crippen MR) is 144 cm³/mol. The third-order valence-electron chi connectivity index (χ3n) is 7.39. The quantitative estimate of drug-likeness (QED) is 0.363. The molecule has 6 nitrogen and oxygen atoms in total. The molecule has 0 atom stereocenters. The number of unbranched alkanes of at least 4 members (excludes halogenated alkanes) is 2. The van der Waals surface area contributed by atoms with Crippen LogP contribution in [-0.2, 0) is 9.59 Å². The number of benzene rings is 2. The van der Waals surface area contributed by atoms with E-state index in [-0.39, 0.29) is 24.3 Å². The van der Waals surface area contributed by atoms with Gasteiger partial charge in [0.2, 0.25) is 5.91 Å². The average Bonchev–Trinajstić information content (AvgIpc) is 2.88. The molecule has 4 rings (SSSR count). The normalized spacial score (nSPS) is 19.4. The van der Waals surface area contributed by atoms with E-state index in [0.717, 1.165) is 61.6 Å². The van der Waals surface area contributed by atoms with E-state index >= 15 is 0 Å². The molecule has 2 aromatic rings. The van der Waals surface area contributed by atoms with Crippen LogP contribution in [0.2, 0.25) is 0 Å². The lowest BCUT2D eigenvalue weighted by molar-refractivity contribution is -0.121. The number of hydrogen-bond acceptors (Lipinski definition) is 4. The first-order valence-electron chi connectivity index (χ1n) is 13.6. The summed E-state index contributed by atoms with van der Waals surface area (Å²) >= 11 is 0. The van der Waals surface area contributed by atoms with Gasteiger partial charge in [0.15, 0.2) is 6.61 Å². The maximum absolute atomic E-state index is 12.9. The Kier molecular flexibility index (Phi) is 9.26. The highest BCUT2D eigenvalue weighted by Gasteiger charge is 2.28. The van der Waals surface area contributed by atoms with Gasteiger partial charge in [-0.1, -0.05) is 38.3 Å². The second-order valence-corrected chi connectivity index (χ2v) is 10.2. The van der Waals surface area contributed by atoms with Gasteiger partial charge in [-0.2, -0.15) is 0 Å². The fourth-order valence-corrected chi connectivity index (χ4v) is 5.24. The predicted octanol–water partition coefficient (Wildman–Crippen LogP) is 6.51. The van der Waals surface area contributed by atoms with Gasteiger partial charge in [-0.25, -0.2) is 0 Å². The Morgan fingerprint density at radius 2 is 1.92 bits per heavy atom. The molecule has 0 radical (unpaired) electrons. The Bertz CT molecular complexity index is 1030. The number of hydrogen-bond donors (Lipinski definition) is 1. The van der Waals surface area contributed by atoms with Gasteiger partial charge >= 0.3 is 0 Å². The summed E-state index contributed by atoms with van der Waals surface area (Å²) in [5, 5.41) is 3.10. The van der Waals surface area contributed by atoms with Crippen LogP contribution in [0.15, 0.2) is 42.5 Å². The number of ether oxygens (including phenoxy) is 2. The van der Waals surface area contributed by atoms with Gasteiger partial charge in [0.05, 0.1) is 12.3 Å². The topological polar surface area (TPSA) is 67.9 Å². The summed E-state index contributed by atoms with van der Waals surface area (Å²) < 4.78 is 11.5. The van der Waals surface area contributed by atoms with Crippen molar-refractivity contribution in [3.63, 3.8) is 0 Å². The summed E-state index contributed by atoms with van der Waals surface area (Å²) in [5.41, 5.74) is 2.62. The van der Waals surface area contributed by atoms with E-state index in [1.54, 1.807) is 4.90 Å². The molecule has 1 aliphatic carbocycles. The number of rotatable bonds is 11. The first-order valence-corrected chi connectivity index (χ1v) is 13.6. The van der Waals surface area contributed by atoms with Gasteiger partial charge in [-0.15, -0.1) is 0 Å². The van der Waals surface area contributed by atoms with Gasteiger partial charge in [0.25, 0.3) is 5.91 Å². The zero-order chi connectivity index (χ0) is 25.3. The number of aryl methyl sites for hydroxylation is 1. The molecule has 0 unspecified atom stereocenters. The molecule has 1 fully saturated rings. The Morgan fingerprint density at radius 3 is 2.69 bits per heavy atom. The third kappa shape index (κ3) is 7.02. The van der Waals surface area contributed by atoms with Crippen LogP contribution < -0.4 is 19.7 Å². The molecule has 1 heterocycles. The molecule has 0 aromatic heterocycles. The van der Waals surface area contributed by atoms with Crippen LogP contribution in [0.1, 0.15) is 70.3 Å². The zero-order valence-corrected chi connectivity index (χ0v) is 21.8. The third-order valence-corrected chi connectivity index (χ3v) is 7.39. The second-order valence-electron chi connectivity index (χ2n) is 10.2. The van der Waals surface area contributed by atoms with Gasteiger partial charge in [-0.3, -0.25) is 9.59 Å². The maximum atomic E-state index is 12.9. The Balaban J connectivity index is 1.29. The van der Waals surface area contributed by atoms with E-state index < -0.39 is 0 Å². The summed E-state index contributed by atoms with van der Waals surface area (Å²) in [5.74, 6) is 2.43. The SMILES string of the molecule is CCCCC1CCC(C(=O)Nc2ccc3c(c2)N(CCCCOc2cccc(C)c2)C(=O)CO3)CC1. The molecule has 0 spiro atoms. The summed E-state index contributed by atoms with van der Waals surface area (Å²) in [4.78, 5) is 27.4. The largest absolute Gasteiger partial charge is 0.494 e. The molecule has 2 aromatic carbocycles. The van der Waals surface area contributed by atoms with E-state index in [1.807, 2.05) is 49.4 Å². The lowest BCUT2D eigenvalue weighted by Gasteiger charge is -2.30. The van der Waals surface area contributed by atoms with Crippen LogP contribution in [0.4, 0.5) is 11.4 Å².